The summed E-state index contributed by atoms with van der Waals surface area (Å²) in [4.78, 5) is 56.4. The summed E-state index contributed by atoms with van der Waals surface area (Å²) in [6.07, 6.45) is 5.97. The van der Waals surface area contributed by atoms with E-state index in [0.717, 1.165) is 0 Å². The zero-order valence-corrected chi connectivity index (χ0v) is 19.7. The van der Waals surface area contributed by atoms with Crippen molar-refractivity contribution in [3.05, 3.63) is 18.2 Å². The van der Waals surface area contributed by atoms with Gasteiger partial charge in [0.2, 0.25) is 17.7 Å². The van der Waals surface area contributed by atoms with Gasteiger partial charge in [-0.25, -0.2) is 9.78 Å². The highest BCUT2D eigenvalue weighted by atomic mass is 16.4. The fourth-order valence-corrected chi connectivity index (χ4v) is 3.24. The van der Waals surface area contributed by atoms with E-state index in [0.29, 0.717) is 50.9 Å². The summed E-state index contributed by atoms with van der Waals surface area (Å²) in [6, 6.07) is -4.56. The Bertz CT molecular complexity index is 791. The maximum Gasteiger partial charge on any atom is 0.328 e. The van der Waals surface area contributed by atoms with E-state index < -0.39 is 54.5 Å². The molecule has 0 fully saturated rings. The second-order valence-corrected chi connectivity index (χ2v) is 8.16. The molecule has 0 aliphatic rings. The maximum atomic E-state index is 13.1. The zero-order valence-electron chi connectivity index (χ0n) is 19.7. The average molecular weight is 499 g/mol. The molecule has 0 saturated carbocycles. The molecule has 12 N–H and O–H groups in total. The van der Waals surface area contributed by atoms with Gasteiger partial charge in [0.25, 0.3) is 0 Å². The summed E-state index contributed by atoms with van der Waals surface area (Å²) < 4.78 is 0. The van der Waals surface area contributed by atoms with Crippen molar-refractivity contribution in [2.45, 2.75) is 69.1 Å². The first-order valence-corrected chi connectivity index (χ1v) is 11.6. The molecule has 0 aliphatic heterocycles. The first-order chi connectivity index (χ1) is 16.7. The standard InChI is InChI=1S/C21H38N8O6/c22-7-3-1-5-14(24)18(31)28-16(9-13-10-25-12-26-13)20(33)27-15(6-2-4-8-23)19(32)29-17(11-30)21(34)35/h10,12,14-17,30H,1-9,11,22-24H2,(H,25,26)(H,27,33)(H,28,31)(H,29,32)(H,34,35). The number of carbonyl (C=O) groups excluding carboxylic acids is 3. The van der Waals surface area contributed by atoms with Crippen molar-refractivity contribution in [2.75, 3.05) is 19.7 Å². The molecule has 1 heterocycles. The van der Waals surface area contributed by atoms with E-state index in [-0.39, 0.29) is 12.8 Å². The first kappa shape index (κ1) is 30.0. The van der Waals surface area contributed by atoms with Crippen LogP contribution in [0.15, 0.2) is 12.5 Å². The highest BCUT2D eigenvalue weighted by Crippen LogP contribution is 2.06. The minimum absolute atomic E-state index is 0.0542. The van der Waals surface area contributed by atoms with E-state index in [2.05, 4.69) is 25.9 Å². The molecule has 3 amide bonds. The van der Waals surface area contributed by atoms with Crippen molar-refractivity contribution in [1.82, 2.24) is 25.9 Å². The zero-order chi connectivity index (χ0) is 26.2. The van der Waals surface area contributed by atoms with Crippen molar-refractivity contribution in [2.24, 2.45) is 17.2 Å². The monoisotopic (exact) mass is 498 g/mol. The number of imidazole rings is 1. The van der Waals surface area contributed by atoms with Crippen molar-refractivity contribution in [3.63, 3.8) is 0 Å². The Balaban J connectivity index is 2.97. The van der Waals surface area contributed by atoms with Gasteiger partial charge in [-0.2, -0.15) is 0 Å². The predicted octanol–water partition coefficient (Wildman–Crippen LogP) is -2.93. The Morgan fingerprint density at radius 2 is 1.46 bits per heavy atom. The van der Waals surface area contributed by atoms with Gasteiger partial charge in [0.05, 0.1) is 19.0 Å². The lowest BCUT2D eigenvalue weighted by molar-refractivity contribution is -0.143. The van der Waals surface area contributed by atoms with E-state index in [1.165, 1.54) is 12.5 Å². The molecule has 0 aromatic carbocycles. The van der Waals surface area contributed by atoms with Gasteiger partial charge in [0.15, 0.2) is 0 Å². The minimum Gasteiger partial charge on any atom is -0.480 e. The molecule has 0 bridgehead atoms. The van der Waals surface area contributed by atoms with Crippen molar-refractivity contribution < 1.29 is 29.4 Å². The highest BCUT2D eigenvalue weighted by Gasteiger charge is 2.30. The number of unbranched alkanes of at least 4 members (excludes halogenated alkanes) is 2. The number of aliphatic carboxylic acids is 1. The van der Waals surface area contributed by atoms with Gasteiger partial charge in [-0.15, -0.1) is 0 Å². The lowest BCUT2D eigenvalue weighted by atomic mass is 10.0. The summed E-state index contributed by atoms with van der Waals surface area (Å²) in [6.45, 7) is 0.0359. The molecule has 1 rings (SSSR count). The van der Waals surface area contributed by atoms with Crippen LogP contribution < -0.4 is 33.2 Å². The number of carboxylic acid groups (broad SMARTS) is 1. The molecule has 1 aromatic rings. The Labute approximate surface area is 203 Å². The van der Waals surface area contributed by atoms with Crippen LogP contribution in [-0.2, 0) is 25.6 Å². The van der Waals surface area contributed by atoms with Crippen molar-refractivity contribution >= 4 is 23.7 Å². The number of aliphatic hydroxyl groups is 1. The third kappa shape index (κ3) is 11.3. The molecular weight excluding hydrogens is 460 g/mol. The van der Waals surface area contributed by atoms with Crippen molar-refractivity contribution in [3.8, 4) is 0 Å². The van der Waals surface area contributed by atoms with Crippen LogP contribution in [0.5, 0.6) is 0 Å². The lowest BCUT2D eigenvalue weighted by Gasteiger charge is -2.25. The van der Waals surface area contributed by atoms with Crippen LogP contribution in [0.25, 0.3) is 0 Å². The average Bonchev–Trinajstić information content (AvgIpc) is 3.34. The Hall–Kier alpha value is -3.07. The number of nitrogens with one attached hydrogen (secondary N) is 4. The molecular formula is C21H38N8O6. The minimum atomic E-state index is -1.52. The molecule has 14 heteroatoms. The molecule has 35 heavy (non-hydrogen) atoms. The van der Waals surface area contributed by atoms with Crippen LogP contribution in [0.4, 0.5) is 0 Å². The fourth-order valence-electron chi connectivity index (χ4n) is 3.24. The number of aliphatic hydroxyl groups excluding tert-OH is 1. The number of H-pyrrole nitrogens is 1. The second kappa shape index (κ2) is 16.5. The van der Waals surface area contributed by atoms with Crippen LogP contribution >= 0.6 is 0 Å². The van der Waals surface area contributed by atoms with Gasteiger partial charge < -0.3 is 48.3 Å². The van der Waals surface area contributed by atoms with Crippen molar-refractivity contribution in [1.29, 1.82) is 0 Å². The summed E-state index contributed by atoms with van der Waals surface area (Å²) in [5, 5.41) is 25.7. The number of nitrogens with zero attached hydrogens (tertiary/aromatic N) is 1. The molecule has 0 spiro atoms. The molecule has 0 aliphatic carbocycles. The van der Waals surface area contributed by atoms with Gasteiger partial charge in [-0.05, 0) is 45.2 Å². The second-order valence-electron chi connectivity index (χ2n) is 8.16. The van der Waals surface area contributed by atoms with E-state index in [1.807, 2.05) is 0 Å². The van der Waals surface area contributed by atoms with Gasteiger partial charge in [0.1, 0.15) is 18.1 Å². The highest BCUT2D eigenvalue weighted by molar-refractivity contribution is 5.94. The molecule has 14 nitrogen and oxygen atoms in total. The summed E-state index contributed by atoms with van der Waals surface area (Å²) >= 11 is 0. The smallest absolute Gasteiger partial charge is 0.328 e. The van der Waals surface area contributed by atoms with Gasteiger partial charge in [-0.3, -0.25) is 14.4 Å². The number of nitrogens with two attached hydrogens (primary N) is 3. The quantitative estimate of drug-likeness (QED) is 0.0931. The Kier molecular flexibility index (Phi) is 14.2. The van der Waals surface area contributed by atoms with E-state index in [1.54, 1.807) is 0 Å². The fraction of sp³-hybridized carbons (Fsp3) is 0.667. The molecule has 198 valence electrons. The van der Waals surface area contributed by atoms with Crippen LogP contribution in [-0.4, -0.2) is 87.7 Å². The van der Waals surface area contributed by atoms with E-state index in [9.17, 15) is 24.3 Å². The molecule has 1 aromatic heterocycles. The summed E-state index contributed by atoms with van der Waals surface area (Å²) in [5.74, 6) is -3.38. The van der Waals surface area contributed by atoms with Gasteiger partial charge in [0, 0.05) is 18.3 Å². The lowest BCUT2D eigenvalue weighted by Crippen LogP contribution is -2.58. The summed E-state index contributed by atoms with van der Waals surface area (Å²) in [5.41, 5.74) is 17.5. The number of rotatable bonds is 18. The number of hydrogen-bond acceptors (Lipinski definition) is 9. The number of amides is 3. The first-order valence-electron chi connectivity index (χ1n) is 11.6. The number of carboxylic acids is 1. The summed E-state index contributed by atoms with van der Waals surface area (Å²) in [7, 11) is 0. The topological polar surface area (TPSA) is 252 Å². The van der Waals surface area contributed by atoms with Crippen LogP contribution in [0.2, 0.25) is 0 Å². The van der Waals surface area contributed by atoms with Crippen LogP contribution in [0.3, 0.4) is 0 Å². The SMILES string of the molecule is NCCCCC(N)C(=O)NC(Cc1cnc[nH]1)C(=O)NC(CCCCN)C(=O)NC(CO)C(=O)O. The third-order valence-electron chi connectivity index (χ3n) is 5.29. The molecule has 0 radical (unpaired) electrons. The number of aromatic nitrogens is 2. The third-order valence-corrected chi connectivity index (χ3v) is 5.29. The van der Waals surface area contributed by atoms with E-state index in [4.69, 9.17) is 22.3 Å². The van der Waals surface area contributed by atoms with E-state index >= 15 is 0 Å². The Morgan fingerprint density at radius 3 is 2.00 bits per heavy atom. The number of aromatic amines is 1. The largest absolute Gasteiger partial charge is 0.480 e. The maximum absolute atomic E-state index is 13.1. The van der Waals surface area contributed by atoms with Crippen LogP contribution in [0.1, 0.15) is 44.2 Å². The molecule has 0 saturated heterocycles. The Morgan fingerprint density at radius 1 is 0.886 bits per heavy atom. The normalized spacial score (nSPS) is 14.4. The molecule has 4 unspecified atom stereocenters. The number of hydrogen-bond donors (Lipinski definition) is 9. The van der Waals surface area contributed by atoms with Gasteiger partial charge >= 0.3 is 5.97 Å². The predicted molar refractivity (Wildman–Crippen MR) is 127 cm³/mol. The van der Waals surface area contributed by atoms with Crippen LogP contribution in [0, 0.1) is 0 Å². The number of carbonyl (C=O) groups is 4. The molecule has 4 atom stereocenters. The van der Waals surface area contributed by atoms with Gasteiger partial charge in [-0.1, -0.05) is 6.42 Å².